The molecule has 0 bridgehead atoms. The Morgan fingerprint density at radius 1 is 1.41 bits per heavy atom. The molecule has 92 valence electrons. The summed E-state index contributed by atoms with van der Waals surface area (Å²) >= 11 is 0. The maximum Gasteiger partial charge on any atom is 0.251 e. The molecule has 0 heterocycles. The molecule has 4 N–H and O–H groups in total. The van der Waals surface area contributed by atoms with Crippen molar-refractivity contribution in [1.29, 1.82) is 0 Å². The SMILES string of the molecule is Cc1ccc(C(=O)NCC/C(N)=N/O)cc1C. The lowest BCUT2D eigenvalue weighted by Gasteiger charge is -2.06. The minimum atomic E-state index is -0.154. The molecule has 0 atom stereocenters. The Balaban J connectivity index is 2.55. The van der Waals surface area contributed by atoms with Crippen molar-refractivity contribution in [1.82, 2.24) is 5.32 Å². The quantitative estimate of drug-likeness (QED) is 0.317. The zero-order chi connectivity index (χ0) is 12.8. The average Bonchev–Trinajstić information content (AvgIpc) is 2.32. The molecule has 1 aromatic carbocycles. The Bertz CT molecular complexity index is 441. The van der Waals surface area contributed by atoms with E-state index in [2.05, 4.69) is 10.5 Å². The third-order valence-corrected chi connectivity index (χ3v) is 2.56. The molecule has 0 aliphatic heterocycles. The molecule has 0 saturated carbocycles. The first-order chi connectivity index (χ1) is 8.04. The van der Waals surface area contributed by atoms with Gasteiger partial charge in [-0.2, -0.15) is 0 Å². The van der Waals surface area contributed by atoms with E-state index < -0.39 is 0 Å². The summed E-state index contributed by atoms with van der Waals surface area (Å²) in [6.07, 6.45) is 0.326. The smallest absolute Gasteiger partial charge is 0.251 e. The minimum Gasteiger partial charge on any atom is -0.409 e. The summed E-state index contributed by atoms with van der Waals surface area (Å²) in [5.41, 5.74) is 8.14. The number of amides is 1. The molecule has 0 radical (unpaired) electrons. The molecule has 0 spiro atoms. The monoisotopic (exact) mass is 235 g/mol. The number of nitrogens with zero attached hydrogens (tertiary/aromatic N) is 1. The van der Waals surface area contributed by atoms with Gasteiger partial charge in [-0.05, 0) is 37.1 Å². The van der Waals surface area contributed by atoms with E-state index in [1.165, 1.54) is 0 Å². The molecule has 17 heavy (non-hydrogen) atoms. The molecular formula is C12H17N3O2. The summed E-state index contributed by atoms with van der Waals surface area (Å²) in [6.45, 7) is 4.31. The fraction of sp³-hybridized carbons (Fsp3) is 0.333. The number of oxime groups is 1. The second kappa shape index (κ2) is 5.89. The molecule has 0 aliphatic carbocycles. The van der Waals surface area contributed by atoms with Gasteiger partial charge in [0.2, 0.25) is 0 Å². The van der Waals surface area contributed by atoms with E-state index in [1.807, 2.05) is 26.0 Å². The van der Waals surface area contributed by atoms with Gasteiger partial charge in [-0.15, -0.1) is 0 Å². The first kappa shape index (κ1) is 13.0. The predicted octanol–water partition coefficient (Wildman–Crippen LogP) is 1.17. The van der Waals surface area contributed by atoms with Crippen LogP contribution in [0, 0.1) is 13.8 Å². The number of amidine groups is 1. The molecule has 0 aromatic heterocycles. The Kier molecular flexibility index (Phi) is 4.51. The summed E-state index contributed by atoms with van der Waals surface area (Å²) in [7, 11) is 0. The number of benzene rings is 1. The second-order valence-corrected chi connectivity index (χ2v) is 3.90. The van der Waals surface area contributed by atoms with Gasteiger partial charge in [0, 0.05) is 18.5 Å². The lowest BCUT2D eigenvalue weighted by Crippen LogP contribution is -2.28. The first-order valence-corrected chi connectivity index (χ1v) is 5.36. The van der Waals surface area contributed by atoms with Crippen molar-refractivity contribution in [2.45, 2.75) is 20.3 Å². The van der Waals surface area contributed by atoms with Crippen LogP contribution in [-0.2, 0) is 0 Å². The molecule has 1 rings (SSSR count). The van der Waals surface area contributed by atoms with Crippen LogP contribution >= 0.6 is 0 Å². The van der Waals surface area contributed by atoms with E-state index in [9.17, 15) is 4.79 Å². The highest BCUT2D eigenvalue weighted by Gasteiger charge is 2.06. The number of carbonyl (C=O) groups is 1. The lowest BCUT2D eigenvalue weighted by atomic mass is 10.1. The number of hydrogen-bond donors (Lipinski definition) is 3. The van der Waals surface area contributed by atoms with Crippen molar-refractivity contribution in [2.24, 2.45) is 10.9 Å². The van der Waals surface area contributed by atoms with E-state index in [0.717, 1.165) is 11.1 Å². The fourth-order valence-corrected chi connectivity index (χ4v) is 1.34. The minimum absolute atomic E-state index is 0.102. The summed E-state index contributed by atoms with van der Waals surface area (Å²) < 4.78 is 0. The third-order valence-electron chi connectivity index (χ3n) is 2.56. The van der Waals surface area contributed by atoms with Gasteiger partial charge in [-0.3, -0.25) is 4.79 Å². The lowest BCUT2D eigenvalue weighted by molar-refractivity contribution is 0.0954. The van der Waals surface area contributed by atoms with Crippen LogP contribution in [0.25, 0.3) is 0 Å². The Labute approximate surface area is 100 Å². The molecule has 5 nitrogen and oxygen atoms in total. The first-order valence-electron chi connectivity index (χ1n) is 5.36. The molecule has 1 aromatic rings. The van der Waals surface area contributed by atoms with Crippen LogP contribution in [0.3, 0.4) is 0 Å². The standard InChI is InChI=1S/C12H17N3O2/c1-8-3-4-10(7-9(8)2)12(16)14-6-5-11(13)15-17/h3-4,7,17H,5-6H2,1-2H3,(H2,13,15)(H,14,16). The Morgan fingerprint density at radius 3 is 2.71 bits per heavy atom. The number of hydrogen-bond acceptors (Lipinski definition) is 3. The van der Waals surface area contributed by atoms with E-state index in [-0.39, 0.29) is 11.7 Å². The van der Waals surface area contributed by atoms with Crippen LogP contribution in [-0.4, -0.2) is 23.5 Å². The number of nitrogens with one attached hydrogen (secondary N) is 1. The molecule has 1 amide bonds. The molecule has 0 saturated heterocycles. The van der Waals surface area contributed by atoms with Gasteiger partial charge >= 0.3 is 0 Å². The van der Waals surface area contributed by atoms with Gasteiger partial charge in [0.25, 0.3) is 5.91 Å². The highest BCUT2D eigenvalue weighted by Crippen LogP contribution is 2.09. The Morgan fingerprint density at radius 2 is 2.12 bits per heavy atom. The van der Waals surface area contributed by atoms with Crippen molar-refractivity contribution in [2.75, 3.05) is 6.54 Å². The number of aryl methyl sites for hydroxylation is 2. The number of carbonyl (C=O) groups excluding carboxylic acids is 1. The number of rotatable bonds is 4. The Hall–Kier alpha value is -2.04. The largest absolute Gasteiger partial charge is 0.409 e. The summed E-state index contributed by atoms with van der Waals surface area (Å²) in [5.74, 6) is -0.0516. The molecule has 5 heteroatoms. The van der Waals surface area contributed by atoms with Crippen molar-refractivity contribution in [3.8, 4) is 0 Å². The fourth-order valence-electron chi connectivity index (χ4n) is 1.34. The van der Waals surface area contributed by atoms with E-state index in [1.54, 1.807) is 6.07 Å². The number of nitrogens with two attached hydrogens (primary N) is 1. The van der Waals surface area contributed by atoms with Gasteiger partial charge in [0.15, 0.2) is 0 Å². The van der Waals surface area contributed by atoms with Crippen LogP contribution in [0.1, 0.15) is 27.9 Å². The average molecular weight is 235 g/mol. The second-order valence-electron chi connectivity index (χ2n) is 3.90. The van der Waals surface area contributed by atoms with Crippen LogP contribution in [0.2, 0.25) is 0 Å². The highest BCUT2D eigenvalue weighted by atomic mass is 16.4. The maximum atomic E-state index is 11.7. The van der Waals surface area contributed by atoms with Crippen LogP contribution in [0.15, 0.2) is 23.4 Å². The summed E-state index contributed by atoms with van der Waals surface area (Å²) in [5, 5.41) is 13.9. The molecule has 0 aliphatic rings. The topological polar surface area (TPSA) is 87.7 Å². The predicted molar refractivity (Wildman–Crippen MR) is 66.3 cm³/mol. The molecule has 0 unspecified atom stereocenters. The van der Waals surface area contributed by atoms with Crippen molar-refractivity contribution in [3.05, 3.63) is 34.9 Å². The zero-order valence-electron chi connectivity index (χ0n) is 10.0. The summed E-state index contributed by atoms with van der Waals surface area (Å²) in [4.78, 5) is 11.7. The van der Waals surface area contributed by atoms with Crippen LogP contribution < -0.4 is 11.1 Å². The van der Waals surface area contributed by atoms with Crippen molar-refractivity contribution < 1.29 is 10.0 Å². The van der Waals surface area contributed by atoms with Gasteiger partial charge in [0.05, 0.1) is 0 Å². The van der Waals surface area contributed by atoms with Gasteiger partial charge in [-0.1, -0.05) is 11.2 Å². The molecular weight excluding hydrogens is 218 g/mol. The van der Waals surface area contributed by atoms with Crippen molar-refractivity contribution in [3.63, 3.8) is 0 Å². The maximum absolute atomic E-state index is 11.7. The van der Waals surface area contributed by atoms with Gasteiger partial charge in [0.1, 0.15) is 5.84 Å². The normalized spacial score (nSPS) is 11.3. The van der Waals surface area contributed by atoms with Gasteiger partial charge < -0.3 is 16.3 Å². The van der Waals surface area contributed by atoms with Crippen LogP contribution in [0.4, 0.5) is 0 Å². The van der Waals surface area contributed by atoms with E-state index in [0.29, 0.717) is 18.5 Å². The van der Waals surface area contributed by atoms with Gasteiger partial charge in [-0.25, -0.2) is 0 Å². The van der Waals surface area contributed by atoms with E-state index in [4.69, 9.17) is 10.9 Å². The van der Waals surface area contributed by atoms with Crippen LogP contribution in [0.5, 0.6) is 0 Å². The molecule has 0 fully saturated rings. The third kappa shape index (κ3) is 3.79. The van der Waals surface area contributed by atoms with E-state index >= 15 is 0 Å². The summed E-state index contributed by atoms with van der Waals surface area (Å²) in [6, 6.07) is 5.53. The highest BCUT2D eigenvalue weighted by molar-refractivity contribution is 5.94. The van der Waals surface area contributed by atoms with Crippen molar-refractivity contribution >= 4 is 11.7 Å². The zero-order valence-corrected chi connectivity index (χ0v) is 10.0.